The zero-order valence-electron chi connectivity index (χ0n) is 12.9. The maximum absolute atomic E-state index is 13.1. The Balaban J connectivity index is 1.95. The van der Waals surface area contributed by atoms with Crippen molar-refractivity contribution in [1.29, 1.82) is 0 Å². The van der Waals surface area contributed by atoms with Gasteiger partial charge in [0.15, 0.2) is 0 Å². The van der Waals surface area contributed by atoms with Gasteiger partial charge >= 0.3 is 0 Å². The molecule has 3 aliphatic carbocycles. The Kier molecular flexibility index (Phi) is 3.16. The number of nitrogens with one attached hydrogen (secondary N) is 1. The third kappa shape index (κ3) is 1.67. The zero-order valence-corrected chi connectivity index (χ0v) is 12.9. The van der Waals surface area contributed by atoms with E-state index in [9.17, 15) is 4.79 Å². The Morgan fingerprint density at radius 3 is 2.23 bits per heavy atom. The van der Waals surface area contributed by atoms with E-state index in [1.807, 2.05) is 7.05 Å². The Bertz CT molecular complexity index is 686. The third-order valence-electron chi connectivity index (χ3n) is 5.44. The fourth-order valence-corrected chi connectivity index (χ4v) is 4.51. The Morgan fingerprint density at radius 2 is 1.64 bits per heavy atom. The molecule has 0 fully saturated rings. The number of hydrogen-bond donors (Lipinski definition) is 1. The number of hydrogen-bond acceptors (Lipinski definition) is 2. The average Bonchev–Trinajstić information content (AvgIpc) is 2.57. The van der Waals surface area contributed by atoms with Crippen LogP contribution in [0, 0.1) is 0 Å². The number of rotatable bonds is 4. The molecule has 2 aromatic rings. The minimum Gasteiger partial charge on any atom is -0.320 e. The maximum atomic E-state index is 13.1. The second kappa shape index (κ2) is 5.06. The van der Waals surface area contributed by atoms with Gasteiger partial charge in [-0.3, -0.25) is 4.79 Å². The van der Waals surface area contributed by atoms with Gasteiger partial charge in [0, 0.05) is 12.3 Å². The fourth-order valence-electron chi connectivity index (χ4n) is 4.51. The SMILES string of the molecule is CNCCCC12C(=O)CC(c3ccccc31)c1ccccc12. The highest BCUT2D eigenvalue weighted by molar-refractivity contribution is 5.99. The number of Topliss-reactive ketones (excluding diaryl/α,β-unsaturated/α-hetero) is 1. The molecule has 0 heterocycles. The molecule has 2 nitrogen and oxygen atoms in total. The van der Waals surface area contributed by atoms with E-state index in [0.29, 0.717) is 12.2 Å². The first-order valence-electron chi connectivity index (χ1n) is 8.16. The molecular weight excluding hydrogens is 270 g/mol. The molecule has 112 valence electrons. The largest absolute Gasteiger partial charge is 0.320 e. The van der Waals surface area contributed by atoms with Crippen molar-refractivity contribution in [2.75, 3.05) is 13.6 Å². The van der Waals surface area contributed by atoms with Crippen molar-refractivity contribution < 1.29 is 4.79 Å². The van der Waals surface area contributed by atoms with Gasteiger partial charge in [0.05, 0.1) is 5.41 Å². The molecule has 0 aromatic heterocycles. The number of ketones is 1. The molecule has 0 spiro atoms. The van der Waals surface area contributed by atoms with Crippen molar-refractivity contribution >= 4 is 5.78 Å². The molecule has 5 rings (SSSR count). The number of carbonyl (C=O) groups excluding carboxylic acids is 1. The lowest BCUT2D eigenvalue weighted by molar-refractivity contribution is -0.125. The first-order chi connectivity index (χ1) is 10.8. The van der Waals surface area contributed by atoms with Gasteiger partial charge < -0.3 is 5.32 Å². The molecule has 0 atom stereocenters. The van der Waals surface area contributed by atoms with E-state index < -0.39 is 5.41 Å². The van der Waals surface area contributed by atoms with Gasteiger partial charge in [0.2, 0.25) is 0 Å². The zero-order chi connectivity index (χ0) is 15.2. The van der Waals surface area contributed by atoms with E-state index in [1.54, 1.807) is 0 Å². The minimum atomic E-state index is -0.418. The van der Waals surface area contributed by atoms with Crippen molar-refractivity contribution in [2.45, 2.75) is 30.6 Å². The molecule has 2 aromatic carbocycles. The van der Waals surface area contributed by atoms with Crippen molar-refractivity contribution in [2.24, 2.45) is 0 Å². The monoisotopic (exact) mass is 291 g/mol. The molecule has 0 aliphatic heterocycles. The van der Waals surface area contributed by atoms with Gasteiger partial charge in [-0.05, 0) is 48.7 Å². The standard InChI is InChI=1S/C20H21NO/c1-21-12-6-11-20-17-9-4-2-7-14(17)16(13-19(20)22)15-8-3-5-10-18(15)20/h2-5,7-10,16,21H,6,11-13H2,1H3. The Morgan fingerprint density at radius 1 is 1.05 bits per heavy atom. The fraction of sp³-hybridized carbons (Fsp3) is 0.350. The Labute approximate surface area is 131 Å². The van der Waals surface area contributed by atoms with E-state index >= 15 is 0 Å². The summed E-state index contributed by atoms with van der Waals surface area (Å²) in [5.74, 6) is 0.664. The summed E-state index contributed by atoms with van der Waals surface area (Å²) >= 11 is 0. The van der Waals surface area contributed by atoms with E-state index in [1.165, 1.54) is 22.3 Å². The van der Waals surface area contributed by atoms with Crippen molar-refractivity contribution in [3.63, 3.8) is 0 Å². The van der Waals surface area contributed by atoms with E-state index in [4.69, 9.17) is 0 Å². The van der Waals surface area contributed by atoms with Gasteiger partial charge in [-0.15, -0.1) is 0 Å². The molecule has 0 amide bonds. The first-order valence-corrected chi connectivity index (χ1v) is 8.16. The molecule has 1 N–H and O–H groups in total. The van der Waals surface area contributed by atoms with Gasteiger partial charge in [0.1, 0.15) is 5.78 Å². The predicted molar refractivity (Wildman–Crippen MR) is 88.3 cm³/mol. The van der Waals surface area contributed by atoms with Crippen molar-refractivity contribution in [3.05, 3.63) is 70.8 Å². The number of fused-ring (bicyclic) bond motifs is 1. The summed E-state index contributed by atoms with van der Waals surface area (Å²) in [7, 11) is 1.97. The average molecular weight is 291 g/mol. The summed E-state index contributed by atoms with van der Waals surface area (Å²) in [6, 6.07) is 17.2. The number of carbonyl (C=O) groups is 1. The summed E-state index contributed by atoms with van der Waals surface area (Å²) in [5.41, 5.74) is 4.83. The van der Waals surface area contributed by atoms with Gasteiger partial charge in [-0.1, -0.05) is 48.5 Å². The van der Waals surface area contributed by atoms with Crippen LogP contribution in [0.15, 0.2) is 48.5 Å². The quantitative estimate of drug-likeness (QED) is 0.875. The molecule has 0 saturated carbocycles. The summed E-state index contributed by atoms with van der Waals surface area (Å²) in [6.07, 6.45) is 2.57. The molecule has 3 aliphatic rings. The predicted octanol–water partition coefficient (Wildman–Crippen LogP) is 3.39. The molecule has 0 saturated heterocycles. The van der Waals surface area contributed by atoms with E-state index in [0.717, 1.165) is 19.4 Å². The third-order valence-corrected chi connectivity index (χ3v) is 5.44. The smallest absolute Gasteiger partial charge is 0.148 e. The second-order valence-corrected chi connectivity index (χ2v) is 6.47. The van der Waals surface area contributed by atoms with Gasteiger partial charge in [-0.2, -0.15) is 0 Å². The van der Waals surface area contributed by atoms with Gasteiger partial charge in [0.25, 0.3) is 0 Å². The minimum absolute atomic E-state index is 0.256. The van der Waals surface area contributed by atoms with Crippen LogP contribution in [0.25, 0.3) is 0 Å². The van der Waals surface area contributed by atoms with Crippen LogP contribution < -0.4 is 5.32 Å². The van der Waals surface area contributed by atoms with Gasteiger partial charge in [-0.25, -0.2) is 0 Å². The molecule has 0 unspecified atom stereocenters. The highest BCUT2D eigenvalue weighted by atomic mass is 16.1. The maximum Gasteiger partial charge on any atom is 0.148 e. The summed E-state index contributed by atoms with van der Waals surface area (Å²) in [5, 5.41) is 3.21. The molecular formula is C20H21NO. The molecule has 0 radical (unpaired) electrons. The van der Waals surface area contributed by atoms with Crippen LogP contribution in [-0.4, -0.2) is 19.4 Å². The van der Waals surface area contributed by atoms with Crippen LogP contribution in [0.2, 0.25) is 0 Å². The van der Waals surface area contributed by atoms with Crippen LogP contribution in [0.4, 0.5) is 0 Å². The molecule has 2 bridgehead atoms. The van der Waals surface area contributed by atoms with Crippen molar-refractivity contribution in [1.82, 2.24) is 5.32 Å². The van der Waals surface area contributed by atoms with Crippen LogP contribution >= 0.6 is 0 Å². The Hall–Kier alpha value is -1.93. The van der Waals surface area contributed by atoms with E-state index in [2.05, 4.69) is 53.8 Å². The number of benzene rings is 2. The lowest BCUT2D eigenvalue weighted by atomic mass is 9.53. The molecule has 22 heavy (non-hydrogen) atoms. The van der Waals surface area contributed by atoms with Crippen LogP contribution in [0.5, 0.6) is 0 Å². The van der Waals surface area contributed by atoms with Crippen molar-refractivity contribution in [3.8, 4) is 0 Å². The second-order valence-electron chi connectivity index (χ2n) is 6.47. The van der Waals surface area contributed by atoms with Crippen LogP contribution in [0.3, 0.4) is 0 Å². The topological polar surface area (TPSA) is 29.1 Å². The highest BCUT2D eigenvalue weighted by Gasteiger charge is 2.53. The molecule has 2 heteroatoms. The highest BCUT2D eigenvalue weighted by Crippen LogP contribution is 2.56. The lowest BCUT2D eigenvalue weighted by Gasteiger charge is -2.48. The normalized spacial score (nSPS) is 25.0. The summed E-state index contributed by atoms with van der Waals surface area (Å²) in [6.45, 7) is 0.947. The van der Waals surface area contributed by atoms with Crippen LogP contribution in [-0.2, 0) is 10.2 Å². The summed E-state index contributed by atoms with van der Waals surface area (Å²) in [4.78, 5) is 13.1. The van der Waals surface area contributed by atoms with Crippen LogP contribution in [0.1, 0.15) is 47.4 Å². The lowest BCUT2D eigenvalue weighted by Crippen LogP contribution is -2.48. The summed E-state index contributed by atoms with van der Waals surface area (Å²) < 4.78 is 0. The first kappa shape index (κ1) is 13.7. The van der Waals surface area contributed by atoms with E-state index in [-0.39, 0.29) is 5.92 Å².